The Bertz CT molecular complexity index is 2910. The second-order valence-electron chi connectivity index (χ2n) is 17.2. The quantitative estimate of drug-likeness (QED) is 0.0385. The molecule has 0 spiro atoms. The summed E-state index contributed by atoms with van der Waals surface area (Å²) in [5.41, 5.74) is 11.5. The number of fused-ring (bicyclic) bond motifs is 2. The third-order valence-electron chi connectivity index (χ3n) is 13.8. The summed E-state index contributed by atoms with van der Waals surface area (Å²) in [6.45, 7) is 11.0. The Hall–Kier alpha value is -5.50. The molecule has 0 bridgehead atoms. The topological polar surface area (TPSA) is 162 Å². The van der Waals surface area contributed by atoms with Gasteiger partial charge in [0.05, 0.1) is 33.4 Å². The number of oxime groups is 1. The molecule has 0 radical (unpaired) electrons. The Morgan fingerprint density at radius 3 is 2.40 bits per heavy atom. The van der Waals surface area contributed by atoms with Gasteiger partial charge in [-0.15, -0.1) is 11.3 Å². The number of hydrogen-bond donors (Lipinski definition) is 3. The second-order valence-corrected chi connectivity index (χ2v) is 21.8. The first kappa shape index (κ1) is 42.8. The van der Waals surface area contributed by atoms with Crippen LogP contribution in [-0.2, 0) is 21.1 Å². The van der Waals surface area contributed by atoms with E-state index in [0.29, 0.717) is 102 Å². The van der Waals surface area contributed by atoms with E-state index in [9.17, 15) is 14.6 Å². The van der Waals surface area contributed by atoms with Crippen LogP contribution in [-0.4, -0.2) is 79.9 Å². The number of thiophene rings is 1. The minimum atomic E-state index is -2.64. The molecule has 3 aliphatic rings. The van der Waals surface area contributed by atoms with Gasteiger partial charge in [0.15, 0.2) is 0 Å². The molecule has 3 aromatic carbocycles. The zero-order chi connectivity index (χ0) is 44.5. The van der Waals surface area contributed by atoms with Crippen LogP contribution in [0.1, 0.15) is 102 Å². The number of imidazole rings is 1. The van der Waals surface area contributed by atoms with E-state index in [1.54, 1.807) is 54.7 Å². The average Bonchev–Trinajstić information content (AvgIpc) is 3.66. The van der Waals surface area contributed by atoms with E-state index >= 15 is 9.18 Å². The molecular weight excluding hydrogens is 839 g/mol. The fourth-order valence-electron chi connectivity index (χ4n) is 9.93. The molecule has 1 amide bonds. The Kier molecular flexibility index (Phi) is 11.0. The third kappa shape index (κ3) is 6.94. The van der Waals surface area contributed by atoms with Crippen LogP contribution >= 0.6 is 18.5 Å². The Morgan fingerprint density at radius 2 is 1.75 bits per heavy atom. The van der Waals surface area contributed by atoms with Gasteiger partial charge in [0.2, 0.25) is 0 Å². The van der Waals surface area contributed by atoms with Crippen LogP contribution in [0.15, 0.2) is 70.9 Å². The predicted octanol–water partition coefficient (Wildman–Crippen LogP) is 8.29. The van der Waals surface area contributed by atoms with Crippen molar-refractivity contribution in [3.63, 3.8) is 0 Å². The molecule has 5 heterocycles. The Morgan fingerprint density at radius 1 is 1.05 bits per heavy atom. The lowest BCUT2D eigenvalue weighted by Crippen LogP contribution is -2.40. The van der Waals surface area contributed by atoms with E-state index in [1.165, 1.54) is 21.5 Å². The summed E-state index contributed by atoms with van der Waals surface area (Å²) >= 11 is 1.45. The number of nitrogens with two attached hydrogens (primary N) is 1. The fraction of sp³-hybridized carbons (Fsp3) is 0.404. The summed E-state index contributed by atoms with van der Waals surface area (Å²) in [7, 11) is -0.858. The predicted molar refractivity (Wildman–Crippen MR) is 248 cm³/mol. The van der Waals surface area contributed by atoms with E-state index in [4.69, 9.17) is 15.6 Å². The fourth-order valence-corrected chi connectivity index (χ4v) is 13.3. The van der Waals surface area contributed by atoms with Crippen LogP contribution in [0.5, 0.6) is 0 Å². The number of aryl methyl sites for hydroxylation is 2. The number of hydrogen-bond acceptors (Lipinski definition) is 9. The van der Waals surface area contributed by atoms with E-state index in [-0.39, 0.29) is 23.2 Å². The number of rotatable bonds is 11. The molecule has 6 aromatic rings. The van der Waals surface area contributed by atoms with Gasteiger partial charge in [0, 0.05) is 79.2 Å². The monoisotopic (exact) mass is 892 g/mol. The number of carbonyl (C=O) groups excluding carboxylic acids is 1. The highest BCUT2D eigenvalue weighted by Crippen LogP contribution is 2.55. The first-order valence-electron chi connectivity index (χ1n) is 21.8. The molecule has 13 nitrogen and oxygen atoms in total. The lowest BCUT2D eigenvalue weighted by molar-refractivity contribution is 0.0681. The summed E-state index contributed by atoms with van der Waals surface area (Å²) < 4.78 is 40.3. The molecular formula is C47H54FN8O5PS. The van der Waals surface area contributed by atoms with Crippen molar-refractivity contribution in [1.29, 1.82) is 0 Å². The molecule has 330 valence electrons. The SMILES string of the molecule is CCP(=O)(CC)c1ccc(-n2ccn(-c3c4c(nn3-c3cc(C)c(F)c(C)c3)CCN(C(=O)c3sc5cc(C6CCOCC6)ccc5c3C3(/C(N)=N/O)CC3)[C@H]4C)c2=O)cc1NC. The minimum absolute atomic E-state index is 0.0947. The smallest absolute Gasteiger partial charge is 0.338 e. The van der Waals surface area contributed by atoms with Crippen molar-refractivity contribution in [3.8, 4) is 17.2 Å². The number of amidine groups is 1. The lowest BCUT2D eigenvalue weighted by atomic mass is 9.88. The number of aromatic nitrogens is 4. The second kappa shape index (κ2) is 16.2. The number of amides is 1. The van der Waals surface area contributed by atoms with Gasteiger partial charge in [-0.3, -0.25) is 13.9 Å². The minimum Gasteiger partial charge on any atom is -0.409 e. The van der Waals surface area contributed by atoms with Crippen molar-refractivity contribution in [2.75, 3.05) is 44.4 Å². The molecule has 1 saturated heterocycles. The van der Waals surface area contributed by atoms with Crippen LogP contribution in [0.4, 0.5) is 10.1 Å². The van der Waals surface area contributed by atoms with Gasteiger partial charge in [0.25, 0.3) is 5.91 Å². The first-order chi connectivity index (χ1) is 30.3. The lowest BCUT2D eigenvalue weighted by Gasteiger charge is -2.34. The van der Waals surface area contributed by atoms with Crippen molar-refractivity contribution < 1.29 is 23.7 Å². The van der Waals surface area contributed by atoms with E-state index in [1.807, 2.05) is 43.9 Å². The summed E-state index contributed by atoms with van der Waals surface area (Å²) in [6, 6.07) is 14.8. The first-order valence-corrected chi connectivity index (χ1v) is 24.7. The highest BCUT2D eigenvalue weighted by atomic mass is 32.1. The summed E-state index contributed by atoms with van der Waals surface area (Å²) in [4.78, 5) is 32.5. The van der Waals surface area contributed by atoms with Gasteiger partial charge in [0.1, 0.15) is 24.6 Å². The highest BCUT2D eigenvalue weighted by Gasteiger charge is 2.53. The number of nitrogens with one attached hydrogen (secondary N) is 1. The number of nitrogens with zero attached hydrogens (tertiary/aromatic N) is 6. The molecule has 0 unspecified atom stereocenters. The van der Waals surface area contributed by atoms with Crippen molar-refractivity contribution >= 4 is 51.3 Å². The normalized spacial score (nSPS) is 17.9. The largest absolute Gasteiger partial charge is 0.409 e. The average molecular weight is 893 g/mol. The number of halogens is 1. The number of anilines is 1. The summed E-state index contributed by atoms with van der Waals surface area (Å²) in [6.07, 6.45) is 8.00. The van der Waals surface area contributed by atoms with E-state index < -0.39 is 18.6 Å². The van der Waals surface area contributed by atoms with Crippen LogP contribution in [0.3, 0.4) is 0 Å². The zero-order valence-corrected chi connectivity index (χ0v) is 38.3. The van der Waals surface area contributed by atoms with Crippen LogP contribution in [0.25, 0.3) is 27.3 Å². The molecule has 63 heavy (non-hydrogen) atoms. The molecule has 1 aliphatic carbocycles. The molecule has 4 N–H and O–H groups in total. The molecule has 1 saturated carbocycles. The maximum atomic E-state index is 15.3. The van der Waals surface area contributed by atoms with Gasteiger partial charge < -0.3 is 30.5 Å². The third-order valence-corrected chi connectivity index (χ3v) is 18.2. The van der Waals surface area contributed by atoms with Gasteiger partial charge in [-0.25, -0.2) is 13.9 Å². The van der Waals surface area contributed by atoms with Crippen molar-refractivity contribution in [2.24, 2.45) is 10.9 Å². The Balaban J connectivity index is 1.17. The molecule has 3 aromatic heterocycles. The molecule has 1 atom stereocenters. The van der Waals surface area contributed by atoms with Gasteiger partial charge >= 0.3 is 5.69 Å². The summed E-state index contributed by atoms with van der Waals surface area (Å²) in [5, 5.41) is 23.4. The van der Waals surface area contributed by atoms with Gasteiger partial charge in [-0.05, 0) is 116 Å². The van der Waals surface area contributed by atoms with Crippen molar-refractivity contribution in [1.82, 2.24) is 23.8 Å². The van der Waals surface area contributed by atoms with Crippen LogP contribution in [0.2, 0.25) is 0 Å². The van der Waals surface area contributed by atoms with Crippen LogP contribution < -0.4 is 22.0 Å². The van der Waals surface area contributed by atoms with E-state index in [2.05, 4.69) is 28.7 Å². The Labute approximate surface area is 369 Å². The maximum absolute atomic E-state index is 15.3. The standard InChI is InChI=1S/C47H54FN8O5PS/c1-7-62(60,8-2)37-12-10-32(26-36(37)50-6)54-19-20-55(46(54)58)43-39-29(5)53(18-13-35(39)51-56(43)33-23-27(3)41(48)28(4)24-33)44(57)42-40(47(16-17-47)45(49)52-59)34-11-9-31(25-38(34)63-42)30-14-21-61-22-15-30/h9-12,19-20,23-26,29-30,50,59H,7-8,13-18,21-22H2,1-6H3,(H2,49,52)/t29-/m0/s1. The van der Waals surface area contributed by atoms with Gasteiger partial charge in [-0.2, -0.15) is 5.10 Å². The molecule has 9 rings (SSSR count). The zero-order valence-electron chi connectivity index (χ0n) is 36.6. The van der Waals surface area contributed by atoms with Gasteiger partial charge in [-0.1, -0.05) is 31.1 Å². The van der Waals surface area contributed by atoms with Crippen LogP contribution in [0, 0.1) is 19.7 Å². The van der Waals surface area contributed by atoms with Crippen molar-refractivity contribution in [3.05, 3.63) is 116 Å². The highest BCUT2D eigenvalue weighted by molar-refractivity contribution is 7.71. The van der Waals surface area contributed by atoms with E-state index in [0.717, 1.165) is 39.5 Å². The number of benzene rings is 3. The molecule has 2 aliphatic heterocycles. The molecule has 16 heteroatoms. The maximum Gasteiger partial charge on any atom is 0.338 e. The molecule has 2 fully saturated rings. The number of carbonyl (C=O) groups is 1. The van der Waals surface area contributed by atoms with Crippen molar-refractivity contribution in [2.45, 2.75) is 84.1 Å². The summed E-state index contributed by atoms with van der Waals surface area (Å²) in [5.74, 6) is 0.410. The number of ether oxygens (including phenoxy) is 1.